The highest BCUT2D eigenvalue weighted by Gasteiger charge is 2.28. The molecule has 1 fully saturated rings. The third-order valence-corrected chi connectivity index (χ3v) is 3.30. The van der Waals surface area contributed by atoms with Crippen LogP contribution in [0.15, 0.2) is 24.3 Å². The quantitative estimate of drug-likeness (QED) is 0.826. The summed E-state index contributed by atoms with van der Waals surface area (Å²) in [7, 11) is 0. The van der Waals surface area contributed by atoms with E-state index in [9.17, 15) is 9.59 Å². The SMILES string of the molecule is C[C@@H](NC(=O)COC(=O)c1ccc(C#N)cc1)C1CC1. The molecule has 0 spiro atoms. The smallest absolute Gasteiger partial charge is 0.338 e. The Morgan fingerprint density at radius 1 is 1.40 bits per heavy atom. The number of nitrogens with zero attached hydrogens (tertiary/aromatic N) is 1. The van der Waals surface area contributed by atoms with Crippen LogP contribution in [0.3, 0.4) is 0 Å². The van der Waals surface area contributed by atoms with E-state index in [1.54, 1.807) is 0 Å². The average Bonchev–Trinajstić information content (AvgIpc) is 3.29. The minimum Gasteiger partial charge on any atom is -0.452 e. The maximum absolute atomic E-state index is 11.7. The minimum atomic E-state index is -0.566. The maximum Gasteiger partial charge on any atom is 0.338 e. The van der Waals surface area contributed by atoms with Crippen molar-refractivity contribution < 1.29 is 14.3 Å². The van der Waals surface area contributed by atoms with E-state index in [2.05, 4.69) is 5.32 Å². The second-order valence-electron chi connectivity index (χ2n) is 4.96. The number of carbonyl (C=O) groups is 2. The number of nitriles is 1. The summed E-state index contributed by atoms with van der Waals surface area (Å²) in [5, 5.41) is 11.5. The van der Waals surface area contributed by atoms with Crippen LogP contribution < -0.4 is 5.32 Å². The summed E-state index contributed by atoms with van der Waals surface area (Å²) in [5.41, 5.74) is 0.796. The Balaban J connectivity index is 1.78. The molecule has 0 aliphatic heterocycles. The molecule has 0 aromatic heterocycles. The molecule has 1 atom stereocenters. The van der Waals surface area contributed by atoms with Crippen LogP contribution in [0.4, 0.5) is 0 Å². The van der Waals surface area contributed by atoms with Crippen molar-refractivity contribution in [3.63, 3.8) is 0 Å². The van der Waals surface area contributed by atoms with Gasteiger partial charge < -0.3 is 10.1 Å². The fourth-order valence-corrected chi connectivity index (χ4v) is 1.90. The molecule has 0 heterocycles. The minimum absolute atomic E-state index is 0.135. The van der Waals surface area contributed by atoms with Crippen molar-refractivity contribution in [2.24, 2.45) is 5.92 Å². The van der Waals surface area contributed by atoms with Gasteiger partial charge in [0.25, 0.3) is 5.91 Å². The van der Waals surface area contributed by atoms with Gasteiger partial charge in [-0.2, -0.15) is 5.26 Å². The summed E-state index contributed by atoms with van der Waals surface area (Å²) < 4.78 is 4.93. The van der Waals surface area contributed by atoms with Crippen molar-refractivity contribution in [1.82, 2.24) is 5.32 Å². The van der Waals surface area contributed by atoms with Gasteiger partial charge in [-0.3, -0.25) is 4.79 Å². The molecule has 0 bridgehead atoms. The number of benzene rings is 1. The van der Waals surface area contributed by atoms with E-state index in [0.717, 1.165) is 12.8 Å². The van der Waals surface area contributed by atoms with Gasteiger partial charge in [0.1, 0.15) is 0 Å². The molecule has 20 heavy (non-hydrogen) atoms. The molecule has 5 nitrogen and oxygen atoms in total. The predicted octanol–water partition coefficient (Wildman–Crippen LogP) is 1.63. The normalized spacial score (nSPS) is 15.0. The molecule has 1 aliphatic rings. The van der Waals surface area contributed by atoms with Gasteiger partial charge in [0, 0.05) is 6.04 Å². The van der Waals surface area contributed by atoms with E-state index in [1.807, 2.05) is 13.0 Å². The maximum atomic E-state index is 11.7. The van der Waals surface area contributed by atoms with Gasteiger partial charge in [0.05, 0.1) is 17.2 Å². The summed E-state index contributed by atoms with van der Waals surface area (Å²) in [5.74, 6) is -0.289. The van der Waals surface area contributed by atoms with Gasteiger partial charge in [0.15, 0.2) is 6.61 Å². The molecule has 1 aliphatic carbocycles. The molecule has 104 valence electrons. The number of esters is 1. The number of amides is 1. The van der Waals surface area contributed by atoms with Gasteiger partial charge in [-0.25, -0.2) is 4.79 Å². The van der Waals surface area contributed by atoms with E-state index in [4.69, 9.17) is 10.00 Å². The van der Waals surface area contributed by atoms with Crippen molar-refractivity contribution in [3.05, 3.63) is 35.4 Å². The highest BCUT2D eigenvalue weighted by atomic mass is 16.5. The van der Waals surface area contributed by atoms with Crippen molar-refractivity contribution in [2.75, 3.05) is 6.61 Å². The van der Waals surface area contributed by atoms with Crippen LogP contribution in [0.25, 0.3) is 0 Å². The fourth-order valence-electron chi connectivity index (χ4n) is 1.90. The largest absolute Gasteiger partial charge is 0.452 e. The van der Waals surface area contributed by atoms with Crippen LogP contribution in [0.2, 0.25) is 0 Å². The summed E-state index contributed by atoms with van der Waals surface area (Å²) >= 11 is 0. The zero-order valence-electron chi connectivity index (χ0n) is 11.3. The Hall–Kier alpha value is -2.35. The molecule has 1 N–H and O–H groups in total. The van der Waals surface area contributed by atoms with E-state index in [0.29, 0.717) is 17.0 Å². The predicted molar refractivity (Wildman–Crippen MR) is 71.8 cm³/mol. The highest BCUT2D eigenvalue weighted by molar-refractivity contribution is 5.91. The van der Waals surface area contributed by atoms with Crippen molar-refractivity contribution in [1.29, 1.82) is 5.26 Å². The van der Waals surface area contributed by atoms with Gasteiger partial charge in [-0.05, 0) is 49.9 Å². The Bertz CT molecular complexity index is 541. The molecule has 1 aromatic rings. The topological polar surface area (TPSA) is 79.2 Å². The van der Waals surface area contributed by atoms with Gasteiger partial charge in [-0.1, -0.05) is 0 Å². The Labute approximate surface area is 117 Å². The van der Waals surface area contributed by atoms with E-state index in [-0.39, 0.29) is 18.6 Å². The first-order valence-corrected chi connectivity index (χ1v) is 6.57. The second kappa shape index (κ2) is 6.20. The van der Waals surface area contributed by atoms with Crippen LogP contribution in [0, 0.1) is 17.2 Å². The van der Waals surface area contributed by atoms with E-state index in [1.165, 1.54) is 24.3 Å². The Kier molecular flexibility index (Phi) is 4.36. The van der Waals surface area contributed by atoms with Crippen LogP contribution >= 0.6 is 0 Å². The summed E-state index contributed by atoms with van der Waals surface area (Å²) in [6, 6.07) is 8.18. The fraction of sp³-hybridized carbons (Fsp3) is 0.400. The van der Waals surface area contributed by atoms with E-state index >= 15 is 0 Å². The number of hydrogen-bond acceptors (Lipinski definition) is 4. The number of rotatable bonds is 5. The number of ether oxygens (including phenoxy) is 1. The number of carbonyl (C=O) groups excluding carboxylic acids is 2. The first kappa shape index (κ1) is 14.1. The standard InChI is InChI=1S/C15H16N2O3/c1-10(12-6-7-12)17-14(18)9-20-15(19)13-4-2-11(8-16)3-5-13/h2-5,10,12H,6-7,9H2,1H3,(H,17,18)/t10-/m1/s1. The van der Waals surface area contributed by atoms with Crippen LogP contribution in [0.1, 0.15) is 35.7 Å². The van der Waals surface area contributed by atoms with Crippen molar-refractivity contribution in [3.8, 4) is 6.07 Å². The lowest BCUT2D eigenvalue weighted by molar-refractivity contribution is -0.124. The molecule has 5 heteroatoms. The lowest BCUT2D eigenvalue weighted by Crippen LogP contribution is -2.37. The van der Waals surface area contributed by atoms with Crippen LogP contribution in [-0.2, 0) is 9.53 Å². The molecule has 1 aromatic carbocycles. The summed E-state index contributed by atoms with van der Waals surface area (Å²) in [6.45, 7) is 1.67. The summed E-state index contributed by atoms with van der Waals surface area (Å²) in [4.78, 5) is 23.3. The molecule has 0 saturated heterocycles. The molecule has 2 rings (SSSR count). The van der Waals surface area contributed by atoms with Crippen molar-refractivity contribution >= 4 is 11.9 Å². The van der Waals surface area contributed by atoms with Gasteiger partial charge in [0.2, 0.25) is 0 Å². The zero-order valence-corrected chi connectivity index (χ0v) is 11.3. The molecule has 1 saturated carbocycles. The average molecular weight is 272 g/mol. The van der Waals surface area contributed by atoms with Gasteiger partial charge >= 0.3 is 5.97 Å². The first-order chi connectivity index (χ1) is 9.60. The first-order valence-electron chi connectivity index (χ1n) is 6.57. The molecular weight excluding hydrogens is 256 g/mol. The molecule has 0 radical (unpaired) electrons. The molecule has 0 unspecified atom stereocenters. The van der Waals surface area contributed by atoms with Crippen LogP contribution in [0.5, 0.6) is 0 Å². The molecule has 1 amide bonds. The lowest BCUT2D eigenvalue weighted by Gasteiger charge is -2.12. The summed E-state index contributed by atoms with van der Waals surface area (Å²) in [6.07, 6.45) is 2.29. The number of hydrogen-bond donors (Lipinski definition) is 1. The second-order valence-corrected chi connectivity index (χ2v) is 4.96. The molecular formula is C15H16N2O3. The Morgan fingerprint density at radius 2 is 2.05 bits per heavy atom. The van der Waals surface area contributed by atoms with Crippen molar-refractivity contribution in [2.45, 2.75) is 25.8 Å². The lowest BCUT2D eigenvalue weighted by atomic mass is 10.1. The third kappa shape index (κ3) is 3.82. The van der Waals surface area contributed by atoms with Gasteiger partial charge in [-0.15, -0.1) is 0 Å². The Morgan fingerprint density at radius 3 is 2.60 bits per heavy atom. The third-order valence-electron chi connectivity index (χ3n) is 3.30. The monoisotopic (exact) mass is 272 g/mol. The van der Waals surface area contributed by atoms with E-state index < -0.39 is 5.97 Å². The number of nitrogens with one attached hydrogen (secondary N) is 1. The highest BCUT2D eigenvalue weighted by Crippen LogP contribution is 2.32. The van der Waals surface area contributed by atoms with Crippen LogP contribution in [-0.4, -0.2) is 24.5 Å². The zero-order chi connectivity index (χ0) is 14.5.